The molecule has 1 saturated heterocycles. The summed E-state index contributed by atoms with van der Waals surface area (Å²) in [7, 11) is 1.33. The Morgan fingerprint density at radius 3 is 2.87 bits per heavy atom. The van der Waals surface area contributed by atoms with Crippen LogP contribution in [0.15, 0.2) is 18.3 Å². The molecule has 0 aromatic carbocycles. The molecule has 0 bridgehead atoms. The number of carbonyl (C=O) groups excluding carboxylic acids is 3. The van der Waals surface area contributed by atoms with Gasteiger partial charge in [0.1, 0.15) is 6.04 Å². The van der Waals surface area contributed by atoms with Crippen LogP contribution in [0.3, 0.4) is 0 Å². The number of methoxy groups -OCH3 is 1. The van der Waals surface area contributed by atoms with Gasteiger partial charge >= 0.3 is 5.97 Å². The van der Waals surface area contributed by atoms with Crippen LogP contribution in [0, 0.1) is 0 Å². The first-order valence-electron chi connectivity index (χ1n) is 7.61. The van der Waals surface area contributed by atoms with Gasteiger partial charge < -0.3 is 15.0 Å². The summed E-state index contributed by atoms with van der Waals surface area (Å²) >= 11 is 0. The number of rotatable bonds is 4. The molecule has 0 radical (unpaired) electrons. The van der Waals surface area contributed by atoms with E-state index in [2.05, 4.69) is 10.3 Å². The van der Waals surface area contributed by atoms with Crippen molar-refractivity contribution in [1.29, 1.82) is 0 Å². The quantitative estimate of drug-likeness (QED) is 0.833. The Bertz CT molecular complexity index is 603. The van der Waals surface area contributed by atoms with Crippen LogP contribution < -0.4 is 5.32 Å². The highest BCUT2D eigenvalue weighted by Crippen LogP contribution is 2.20. The van der Waals surface area contributed by atoms with Crippen LogP contribution >= 0.6 is 0 Å². The number of pyridine rings is 1. The molecule has 0 aliphatic carbocycles. The minimum Gasteiger partial charge on any atom is -0.467 e. The maximum Gasteiger partial charge on any atom is 0.328 e. The highest BCUT2D eigenvalue weighted by atomic mass is 16.5. The smallest absolute Gasteiger partial charge is 0.328 e. The first-order valence-corrected chi connectivity index (χ1v) is 7.61. The molecular weight excluding hydrogens is 298 g/mol. The van der Waals surface area contributed by atoms with Gasteiger partial charge in [-0.1, -0.05) is 0 Å². The van der Waals surface area contributed by atoms with Gasteiger partial charge in [-0.3, -0.25) is 14.6 Å². The van der Waals surface area contributed by atoms with Crippen molar-refractivity contribution >= 4 is 17.8 Å². The Labute approximate surface area is 135 Å². The van der Waals surface area contributed by atoms with Gasteiger partial charge in [-0.05, 0) is 31.4 Å². The number of esters is 1. The third kappa shape index (κ3) is 4.28. The Balaban J connectivity index is 2.16. The molecule has 23 heavy (non-hydrogen) atoms. The van der Waals surface area contributed by atoms with E-state index in [0.29, 0.717) is 24.2 Å². The number of hydrogen-bond donors (Lipinski definition) is 1. The van der Waals surface area contributed by atoms with Crippen molar-refractivity contribution in [2.75, 3.05) is 13.7 Å². The number of nitrogens with one attached hydrogen (secondary N) is 1. The molecule has 1 aliphatic rings. The summed E-state index contributed by atoms with van der Waals surface area (Å²) in [4.78, 5) is 41.3. The summed E-state index contributed by atoms with van der Waals surface area (Å²) in [5, 5.41) is 2.64. The van der Waals surface area contributed by atoms with E-state index in [1.54, 1.807) is 17.0 Å². The molecule has 1 aliphatic heterocycles. The van der Waals surface area contributed by atoms with E-state index in [4.69, 9.17) is 4.74 Å². The molecule has 1 N–H and O–H groups in total. The summed E-state index contributed by atoms with van der Waals surface area (Å²) < 4.78 is 4.80. The molecule has 1 unspecified atom stereocenters. The average Bonchev–Trinajstić information content (AvgIpc) is 2.59. The van der Waals surface area contributed by atoms with Crippen LogP contribution in [0.4, 0.5) is 0 Å². The Kier molecular flexibility index (Phi) is 5.67. The van der Waals surface area contributed by atoms with Gasteiger partial charge in [0.05, 0.1) is 19.3 Å². The van der Waals surface area contributed by atoms with Crippen LogP contribution in [-0.4, -0.2) is 47.4 Å². The lowest BCUT2D eigenvalue weighted by molar-refractivity contribution is -0.147. The highest BCUT2D eigenvalue weighted by molar-refractivity contribution is 5.97. The largest absolute Gasteiger partial charge is 0.467 e. The van der Waals surface area contributed by atoms with Gasteiger partial charge in [-0.15, -0.1) is 0 Å². The fourth-order valence-electron chi connectivity index (χ4n) is 2.64. The van der Waals surface area contributed by atoms with Gasteiger partial charge in [0.2, 0.25) is 5.91 Å². The summed E-state index contributed by atoms with van der Waals surface area (Å²) in [6, 6.07) is 2.72. The van der Waals surface area contributed by atoms with Crippen molar-refractivity contribution in [3.63, 3.8) is 0 Å². The molecule has 7 nitrogen and oxygen atoms in total. The number of hydrogen-bond acceptors (Lipinski definition) is 5. The Hall–Kier alpha value is -2.44. The van der Waals surface area contributed by atoms with Crippen molar-refractivity contribution in [2.45, 2.75) is 38.8 Å². The van der Waals surface area contributed by atoms with Crippen LogP contribution in [0.5, 0.6) is 0 Å². The van der Waals surface area contributed by atoms with Crippen LogP contribution in [-0.2, 0) is 20.9 Å². The highest BCUT2D eigenvalue weighted by Gasteiger charge is 2.33. The first-order chi connectivity index (χ1) is 11.0. The third-order valence-electron chi connectivity index (χ3n) is 3.82. The lowest BCUT2D eigenvalue weighted by Gasteiger charge is -2.33. The van der Waals surface area contributed by atoms with Gasteiger partial charge in [0, 0.05) is 25.2 Å². The molecule has 1 fully saturated rings. The minimum atomic E-state index is -0.534. The van der Waals surface area contributed by atoms with Gasteiger partial charge in [0.25, 0.3) is 5.91 Å². The normalized spacial score (nSPS) is 17.5. The van der Waals surface area contributed by atoms with Gasteiger partial charge in [-0.2, -0.15) is 0 Å². The van der Waals surface area contributed by atoms with Crippen molar-refractivity contribution in [1.82, 2.24) is 15.2 Å². The maximum atomic E-state index is 12.7. The fourth-order valence-corrected chi connectivity index (χ4v) is 2.64. The molecule has 7 heteroatoms. The lowest BCUT2D eigenvalue weighted by atomic mass is 10.0. The number of amides is 2. The summed E-state index contributed by atoms with van der Waals surface area (Å²) in [6.45, 7) is 2.21. The van der Waals surface area contributed by atoms with E-state index < -0.39 is 6.04 Å². The number of ether oxygens (including phenoxy) is 1. The molecule has 1 atom stereocenters. The van der Waals surface area contributed by atoms with E-state index in [1.807, 2.05) is 0 Å². The number of nitrogens with zero attached hydrogens (tertiary/aromatic N) is 2. The Morgan fingerprint density at radius 1 is 1.39 bits per heavy atom. The van der Waals surface area contributed by atoms with E-state index >= 15 is 0 Å². The topological polar surface area (TPSA) is 88.6 Å². The molecule has 2 rings (SSSR count). The molecule has 0 spiro atoms. The molecule has 2 heterocycles. The van der Waals surface area contributed by atoms with Crippen molar-refractivity contribution in [3.05, 3.63) is 29.6 Å². The fraction of sp³-hybridized carbons (Fsp3) is 0.500. The van der Waals surface area contributed by atoms with Crippen molar-refractivity contribution < 1.29 is 19.1 Å². The molecular formula is C16H21N3O4. The average molecular weight is 319 g/mol. The second kappa shape index (κ2) is 7.71. The predicted molar refractivity (Wildman–Crippen MR) is 82.4 cm³/mol. The van der Waals surface area contributed by atoms with E-state index in [-0.39, 0.29) is 24.3 Å². The Morgan fingerprint density at radius 2 is 2.17 bits per heavy atom. The summed E-state index contributed by atoms with van der Waals surface area (Å²) in [5.74, 6) is -0.762. The van der Waals surface area contributed by atoms with Gasteiger partial charge in [0.15, 0.2) is 0 Å². The summed E-state index contributed by atoms with van der Waals surface area (Å²) in [5.41, 5.74) is 1.05. The number of piperidine rings is 1. The third-order valence-corrected chi connectivity index (χ3v) is 3.82. The zero-order valence-electron chi connectivity index (χ0n) is 13.4. The zero-order chi connectivity index (χ0) is 16.8. The lowest BCUT2D eigenvalue weighted by Crippen LogP contribution is -2.48. The molecule has 0 saturated carbocycles. The van der Waals surface area contributed by atoms with E-state index in [0.717, 1.165) is 12.8 Å². The zero-order valence-corrected chi connectivity index (χ0v) is 13.4. The predicted octanol–water partition coefficient (Wildman–Crippen LogP) is 0.885. The van der Waals surface area contributed by atoms with Crippen LogP contribution in [0.1, 0.15) is 42.2 Å². The second-order valence-corrected chi connectivity index (χ2v) is 5.48. The molecule has 124 valence electrons. The van der Waals surface area contributed by atoms with Crippen LogP contribution in [0.2, 0.25) is 0 Å². The SMILES string of the molecule is COC(=O)C1CCCCN1C(=O)c1ccnc(CNC(C)=O)c1. The van der Waals surface area contributed by atoms with Gasteiger partial charge in [-0.25, -0.2) is 4.79 Å². The second-order valence-electron chi connectivity index (χ2n) is 5.48. The van der Waals surface area contributed by atoms with Crippen molar-refractivity contribution in [3.8, 4) is 0 Å². The standard InChI is InChI=1S/C16H21N3O4/c1-11(20)18-10-13-9-12(6-7-17-13)15(21)19-8-4-3-5-14(19)16(22)23-2/h6-7,9,14H,3-5,8,10H2,1-2H3,(H,18,20). The van der Waals surface area contributed by atoms with Crippen molar-refractivity contribution in [2.24, 2.45) is 0 Å². The minimum absolute atomic E-state index is 0.162. The summed E-state index contributed by atoms with van der Waals surface area (Å²) in [6.07, 6.45) is 3.90. The van der Waals surface area contributed by atoms with E-state index in [9.17, 15) is 14.4 Å². The monoisotopic (exact) mass is 319 g/mol. The molecule has 1 aromatic rings. The maximum absolute atomic E-state index is 12.7. The number of aromatic nitrogens is 1. The molecule has 2 amide bonds. The number of carbonyl (C=O) groups is 3. The number of likely N-dealkylation sites (tertiary alicyclic amines) is 1. The van der Waals surface area contributed by atoms with Crippen LogP contribution in [0.25, 0.3) is 0 Å². The van der Waals surface area contributed by atoms with E-state index in [1.165, 1.54) is 20.2 Å². The molecule has 1 aromatic heterocycles. The first kappa shape index (κ1) is 16.9.